The van der Waals surface area contributed by atoms with Gasteiger partial charge in [-0.3, -0.25) is 9.36 Å². The van der Waals surface area contributed by atoms with Gasteiger partial charge in [0.05, 0.1) is 35.5 Å². The minimum Gasteiger partial charge on any atom is -0.465 e. The van der Waals surface area contributed by atoms with E-state index in [0.29, 0.717) is 34.7 Å². The Morgan fingerprint density at radius 1 is 0.765 bits per heavy atom. The minimum atomic E-state index is -4.53. The maximum atomic E-state index is 12.9. The quantitative estimate of drug-likeness (QED) is 0.150. The fourth-order valence-corrected chi connectivity index (χ4v) is 6.12. The number of methoxy groups -OCH3 is 1. The summed E-state index contributed by atoms with van der Waals surface area (Å²) in [5.74, 6) is -0.442. The molecule has 51 heavy (non-hydrogen) atoms. The molecule has 2 atom stereocenters. The largest absolute Gasteiger partial charge is 0.465 e. The number of aromatic nitrogens is 4. The lowest BCUT2D eigenvalue weighted by Gasteiger charge is -2.21. The van der Waals surface area contributed by atoms with E-state index >= 15 is 0 Å². The summed E-state index contributed by atoms with van der Waals surface area (Å²) in [6.07, 6.45) is -8.39. The van der Waals surface area contributed by atoms with Gasteiger partial charge in [-0.25, -0.2) is 4.79 Å². The number of ether oxygens (including phenoxy) is 1. The van der Waals surface area contributed by atoms with Gasteiger partial charge < -0.3 is 14.4 Å². The minimum absolute atomic E-state index is 0.265. The van der Waals surface area contributed by atoms with Crippen molar-refractivity contribution in [2.45, 2.75) is 64.1 Å². The molecule has 0 spiro atoms. The third-order valence-corrected chi connectivity index (χ3v) is 9.49. The predicted octanol–water partition coefficient (Wildman–Crippen LogP) is 8.12. The molecule has 0 radical (unpaired) electrons. The molecule has 272 valence electrons. The number of hydrogen-bond donors (Lipinski definition) is 0. The van der Waals surface area contributed by atoms with Gasteiger partial charge in [0.1, 0.15) is 0 Å². The van der Waals surface area contributed by atoms with Gasteiger partial charge in [0, 0.05) is 31.4 Å². The number of esters is 1. The normalized spacial score (nSPS) is 20.2. The lowest BCUT2D eigenvalue weighted by atomic mass is 9.91. The first-order chi connectivity index (χ1) is 23.6. The highest BCUT2D eigenvalue weighted by atomic mass is 79.9. The van der Waals surface area contributed by atoms with Crippen LogP contribution in [0.5, 0.6) is 0 Å². The summed E-state index contributed by atoms with van der Waals surface area (Å²) in [6, 6.07) is 12.9. The Morgan fingerprint density at radius 3 is 1.57 bits per heavy atom. The first-order valence-electron chi connectivity index (χ1n) is 15.3. The number of rotatable bonds is 5. The van der Waals surface area contributed by atoms with Crippen molar-refractivity contribution in [3.63, 3.8) is 0 Å². The third kappa shape index (κ3) is 7.67. The lowest BCUT2D eigenvalue weighted by molar-refractivity contribution is -0.142. The van der Waals surface area contributed by atoms with Gasteiger partial charge in [-0.2, -0.15) is 36.5 Å². The van der Waals surface area contributed by atoms with Gasteiger partial charge >= 0.3 is 18.3 Å². The molecular weight excluding hydrogens is 750 g/mol. The fourth-order valence-electron chi connectivity index (χ4n) is 5.87. The first kappa shape index (κ1) is 37.6. The maximum Gasteiger partial charge on any atom is 0.435 e. The molecule has 2 aliphatic rings. The summed E-state index contributed by atoms with van der Waals surface area (Å²) in [6.45, 7) is 7.10. The molecule has 0 aliphatic carbocycles. The highest BCUT2D eigenvalue weighted by Gasteiger charge is 2.44. The first-order valence-corrected chi connectivity index (χ1v) is 16.1. The molecule has 0 N–H and O–H groups in total. The Morgan fingerprint density at radius 2 is 1.20 bits per heavy atom. The van der Waals surface area contributed by atoms with Gasteiger partial charge in [0.2, 0.25) is 0 Å². The number of alkyl halides is 6. The summed E-state index contributed by atoms with van der Waals surface area (Å²) < 4.78 is 85.5. The number of nitrogens with zero attached hydrogens (tertiary/aromatic N) is 6. The van der Waals surface area contributed by atoms with E-state index < -0.39 is 40.9 Å². The number of carbonyl (C=O) groups is 1. The van der Waals surface area contributed by atoms with E-state index in [1.165, 1.54) is 25.9 Å². The van der Waals surface area contributed by atoms with E-state index in [0.717, 1.165) is 38.0 Å². The Balaban J connectivity index is 0.000000199. The lowest BCUT2D eigenvalue weighted by Crippen LogP contribution is -2.25. The number of hydrogen-bond acceptors (Lipinski definition) is 8. The number of halogens is 7. The van der Waals surface area contributed by atoms with E-state index in [1.807, 2.05) is 25.1 Å². The van der Waals surface area contributed by atoms with Crippen LogP contribution in [-0.2, 0) is 52.1 Å². The zero-order chi connectivity index (χ0) is 37.7. The number of oxime groups is 2. The summed E-state index contributed by atoms with van der Waals surface area (Å²) in [5.41, 5.74) is 1.71. The van der Waals surface area contributed by atoms with Crippen LogP contribution < -0.4 is 0 Å². The third-order valence-electron chi connectivity index (χ3n) is 8.60. The van der Waals surface area contributed by atoms with Gasteiger partial charge in [-0.1, -0.05) is 38.4 Å². The topological polar surface area (TPSA) is 105 Å². The number of carbonyl (C=O) groups excluding carboxylic acids is 1. The molecule has 0 amide bonds. The summed E-state index contributed by atoms with van der Waals surface area (Å²) in [5, 5.41) is 15.2. The van der Waals surface area contributed by atoms with Crippen LogP contribution in [0.1, 0.15) is 82.1 Å². The molecule has 0 bridgehead atoms. The molecule has 0 fully saturated rings. The van der Waals surface area contributed by atoms with Crippen molar-refractivity contribution in [2.24, 2.45) is 24.4 Å². The van der Waals surface area contributed by atoms with E-state index in [4.69, 9.17) is 14.4 Å². The Labute approximate surface area is 297 Å². The van der Waals surface area contributed by atoms with Crippen molar-refractivity contribution in [1.82, 2.24) is 19.6 Å². The van der Waals surface area contributed by atoms with Gasteiger partial charge in [0.15, 0.2) is 22.6 Å². The van der Waals surface area contributed by atoms with E-state index in [2.05, 4.69) is 36.4 Å². The van der Waals surface area contributed by atoms with Crippen molar-refractivity contribution in [1.29, 1.82) is 0 Å². The highest BCUT2D eigenvalue weighted by molar-refractivity contribution is 9.10. The number of benzene rings is 2. The average molecular weight is 784 g/mol. The van der Waals surface area contributed by atoms with Crippen LogP contribution in [0.15, 0.2) is 63.3 Å². The zero-order valence-corrected chi connectivity index (χ0v) is 30.1. The smallest absolute Gasteiger partial charge is 0.435 e. The standard InChI is InChI=1S/C18H18F3N3O3.C16H15BrF3N3O/c1-10-7-11(5-6-12(10)16(25)26-4)13-9-17(2,27-23-13)15-8-14(18(19,20)21)22-24(15)3;1-9-6-10(4-5-11(9)17)12-8-15(2,24-22-12)14-7-13(16(18,19)20)21-23(14)3/h5-8H,9H2,1-4H3;4-7H,8H2,1-3H3. The van der Waals surface area contributed by atoms with Crippen molar-refractivity contribution in [3.8, 4) is 0 Å². The molecule has 0 saturated carbocycles. The average Bonchev–Trinajstić information content (AvgIpc) is 3.84. The molecule has 0 saturated heterocycles. The van der Waals surface area contributed by atoms with Crippen molar-refractivity contribution in [3.05, 3.63) is 104 Å². The van der Waals surface area contributed by atoms with Crippen LogP contribution in [0.4, 0.5) is 26.3 Å². The van der Waals surface area contributed by atoms with Crippen molar-refractivity contribution < 1.29 is 45.5 Å². The van der Waals surface area contributed by atoms with Crippen LogP contribution in [0.3, 0.4) is 0 Å². The Bertz CT molecular complexity index is 2050. The highest BCUT2D eigenvalue weighted by Crippen LogP contribution is 2.40. The zero-order valence-electron chi connectivity index (χ0n) is 28.5. The molecule has 4 aromatic rings. The van der Waals surface area contributed by atoms with Crippen LogP contribution in [-0.4, -0.2) is 44.1 Å². The molecule has 2 unspecified atom stereocenters. The fraction of sp³-hybridized carbons (Fsp3) is 0.382. The SMILES string of the molecule is COC(=O)c1ccc(C2=NOC(C)(c3cc(C(F)(F)F)nn3C)C2)cc1C.Cc1cc(C2=NOC(C)(c3cc(C(F)(F)F)nn3C)C2)ccc1Br. The van der Waals surface area contributed by atoms with E-state index in [1.54, 1.807) is 39.0 Å². The van der Waals surface area contributed by atoms with E-state index in [-0.39, 0.29) is 12.1 Å². The second kappa shape index (κ2) is 13.5. The molecule has 2 aromatic heterocycles. The molecule has 10 nitrogen and oxygen atoms in total. The van der Waals surface area contributed by atoms with Crippen LogP contribution >= 0.6 is 15.9 Å². The van der Waals surface area contributed by atoms with Crippen molar-refractivity contribution in [2.75, 3.05) is 7.11 Å². The van der Waals surface area contributed by atoms with Gasteiger partial charge in [-0.05, 0) is 86.3 Å². The molecule has 2 aliphatic heterocycles. The number of aryl methyl sites for hydroxylation is 4. The second-order valence-corrected chi connectivity index (χ2v) is 13.5. The molecule has 6 rings (SSSR count). The Hall–Kier alpha value is -4.67. The van der Waals surface area contributed by atoms with Crippen molar-refractivity contribution >= 4 is 33.3 Å². The van der Waals surface area contributed by atoms with Gasteiger partial charge in [0.25, 0.3) is 0 Å². The van der Waals surface area contributed by atoms with Crippen LogP contribution in [0.25, 0.3) is 0 Å². The molecular formula is C34H33BrF6N6O4. The predicted molar refractivity (Wildman–Crippen MR) is 177 cm³/mol. The van der Waals surface area contributed by atoms with Crippen LogP contribution in [0, 0.1) is 13.8 Å². The van der Waals surface area contributed by atoms with Crippen LogP contribution in [0.2, 0.25) is 0 Å². The van der Waals surface area contributed by atoms with E-state index in [9.17, 15) is 31.1 Å². The summed E-state index contributed by atoms with van der Waals surface area (Å²) in [4.78, 5) is 22.7. The molecule has 4 heterocycles. The monoisotopic (exact) mass is 782 g/mol. The maximum absolute atomic E-state index is 12.9. The summed E-state index contributed by atoms with van der Waals surface area (Å²) >= 11 is 3.44. The Kier molecular flexibility index (Phi) is 9.92. The van der Waals surface area contributed by atoms with Gasteiger partial charge in [-0.15, -0.1) is 0 Å². The molecule has 17 heteroatoms. The molecule has 2 aromatic carbocycles. The summed E-state index contributed by atoms with van der Waals surface area (Å²) in [7, 11) is 4.21. The second-order valence-electron chi connectivity index (χ2n) is 12.6.